The first kappa shape index (κ1) is 19.9. The van der Waals surface area contributed by atoms with Gasteiger partial charge in [-0.3, -0.25) is 4.79 Å². The van der Waals surface area contributed by atoms with E-state index in [1.807, 2.05) is 0 Å². The number of hydrogen-bond acceptors (Lipinski definition) is 4. The fourth-order valence-electron chi connectivity index (χ4n) is 3.03. The zero-order valence-electron chi connectivity index (χ0n) is 14.7. The van der Waals surface area contributed by atoms with Crippen molar-refractivity contribution in [3.05, 3.63) is 41.7 Å². The molecular weight excluding hydrogens is 379 g/mol. The second kappa shape index (κ2) is 8.01. The number of aromatic nitrogens is 2. The Morgan fingerprint density at radius 3 is 2.57 bits per heavy atom. The number of benzene rings is 1. The molecule has 150 valence electrons. The number of alkyl halides is 3. The van der Waals surface area contributed by atoms with Crippen LogP contribution in [0.15, 0.2) is 30.5 Å². The second-order valence-electron chi connectivity index (χ2n) is 6.48. The van der Waals surface area contributed by atoms with Crippen molar-refractivity contribution in [1.29, 1.82) is 0 Å². The third-order valence-electron chi connectivity index (χ3n) is 4.47. The first-order valence-electron chi connectivity index (χ1n) is 8.62. The molecule has 1 aromatic heterocycles. The lowest BCUT2D eigenvalue weighted by Gasteiger charge is -2.12. The van der Waals surface area contributed by atoms with Crippen LogP contribution < -0.4 is 5.32 Å². The summed E-state index contributed by atoms with van der Waals surface area (Å²) in [6.07, 6.45) is -2.25. The molecule has 0 radical (unpaired) electrons. The van der Waals surface area contributed by atoms with E-state index in [1.54, 1.807) is 0 Å². The van der Waals surface area contributed by atoms with Crippen LogP contribution in [0.4, 0.5) is 18.9 Å². The molecule has 7 nitrogen and oxygen atoms in total. The molecular formula is C18H18F3N3O4. The van der Waals surface area contributed by atoms with Crippen LogP contribution in [0.2, 0.25) is 0 Å². The van der Waals surface area contributed by atoms with Gasteiger partial charge in [0.1, 0.15) is 5.56 Å². The van der Waals surface area contributed by atoms with Crippen molar-refractivity contribution in [3.8, 4) is 5.69 Å². The molecule has 1 aliphatic heterocycles. The van der Waals surface area contributed by atoms with Gasteiger partial charge in [-0.05, 0) is 43.0 Å². The quantitative estimate of drug-likeness (QED) is 0.780. The molecule has 1 amide bonds. The predicted octanol–water partition coefficient (Wildman–Crippen LogP) is 3.34. The van der Waals surface area contributed by atoms with Gasteiger partial charge in [-0.15, -0.1) is 0 Å². The molecule has 0 aliphatic carbocycles. The molecule has 3 rings (SSSR count). The SMILES string of the molecule is O=C(CCC1CCOC1)Nc1ccc(-n2ncc(C(=O)O)c2C(F)(F)F)cc1. The van der Waals surface area contributed by atoms with Crippen LogP contribution in [0.25, 0.3) is 5.69 Å². The minimum Gasteiger partial charge on any atom is -0.478 e. The van der Waals surface area contributed by atoms with Crippen LogP contribution in [0, 0.1) is 5.92 Å². The molecule has 0 bridgehead atoms. The van der Waals surface area contributed by atoms with Gasteiger partial charge in [-0.25, -0.2) is 9.48 Å². The van der Waals surface area contributed by atoms with E-state index in [2.05, 4.69) is 10.4 Å². The van der Waals surface area contributed by atoms with E-state index in [1.165, 1.54) is 24.3 Å². The van der Waals surface area contributed by atoms with Gasteiger partial charge < -0.3 is 15.2 Å². The number of carbonyl (C=O) groups excluding carboxylic acids is 1. The summed E-state index contributed by atoms with van der Waals surface area (Å²) < 4.78 is 45.6. The van der Waals surface area contributed by atoms with Crippen LogP contribution in [-0.2, 0) is 15.7 Å². The van der Waals surface area contributed by atoms with Gasteiger partial charge in [0.05, 0.1) is 11.9 Å². The molecule has 1 fully saturated rings. The summed E-state index contributed by atoms with van der Waals surface area (Å²) in [5, 5.41) is 15.2. The summed E-state index contributed by atoms with van der Waals surface area (Å²) in [7, 11) is 0. The number of rotatable bonds is 6. The maximum absolute atomic E-state index is 13.3. The number of nitrogens with zero attached hydrogens (tertiary/aromatic N) is 2. The smallest absolute Gasteiger partial charge is 0.434 e. The van der Waals surface area contributed by atoms with Crippen molar-refractivity contribution in [2.24, 2.45) is 5.92 Å². The Morgan fingerprint density at radius 1 is 1.29 bits per heavy atom. The first-order chi connectivity index (χ1) is 13.3. The number of carbonyl (C=O) groups is 2. The van der Waals surface area contributed by atoms with Gasteiger partial charge in [-0.1, -0.05) is 0 Å². The molecule has 0 spiro atoms. The molecule has 2 heterocycles. The lowest BCUT2D eigenvalue weighted by molar-refractivity contribution is -0.143. The fraction of sp³-hybridized carbons (Fsp3) is 0.389. The molecule has 1 aromatic carbocycles. The highest BCUT2D eigenvalue weighted by Crippen LogP contribution is 2.33. The number of hydrogen-bond donors (Lipinski definition) is 2. The summed E-state index contributed by atoms with van der Waals surface area (Å²) in [5.41, 5.74) is -1.84. The van der Waals surface area contributed by atoms with Gasteiger partial charge in [0.15, 0.2) is 5.69 Å². The number of halogens is 3. The van der Waals surface area contributed by atoms with E-state index >= 15 is 0 Å². The Kier molecular flexibility index (Phi) is 5.68. The van der Waals surface area contributed by atoms with E-state index in [0.29, 0.717) is 48.5 Å². The van der Waals surface area contributed by atoms with E-state index in [4.69, 9.17) is 9.84 Å². The van der Waals surface area contributed by atoms with Gasteiger partial charge in [0.2, 0.25) is 5.91 Å². The summed E-state index contributed by atoms with van der Waals surface area (Å²) >= 11 is 0. The van der Waals surface area contributed by atoms with Crippen LogP contribution in [-0.4, -0.2) is 40.0 Å². The third kappa shape index (κ3) is 4.50. The van der Waals surface area contributed by atoms with E-state index in [-0.39, 0.29) is 11.6 Å². The Morgan fingerprint density at radius 2 is 2.00 bits per heavy atom. The molecule has 0 saturated carbocycles. The van der Waals surface area contributed by atoms with E-state index in [9.17, 15) is 22.8 Å². The number of carboxylic acids is 1. The minimum absolute atomic E-state index is 0.0286. The average molecular weight is 397 g/mol. The van der Waals surface area contributed by atoms with Crippen LogP contribution >= 0.6 is 0 Å². The van der Waals surface area contributed by atoms with Crippen molar-refractivity contribution in [2.45, 2.75) is 25.4 Å². The summed E-state index contributed by atoms with van der Waals surface area (Å²) in [4.78, 5) is 23.0. The van der Waals surface area contributed by atoms with Crippen molar-refractivity contribution < 1.29 is 32.6 Å². The monoisotopic (exact) mass is 397 g/mol. The predicted molar refractivity (Wildman–Crippen MR) is 92.3 cm³/mol. The Balaban J connectivity index is 1.71. The second-order valence-corrected chi connectivity index (χ2v) is 6.48. The van der Waals surface area contributed by atoms with Gasteiger partial charge >= 0.3 is 12.1 Å². The molecule has 1 atom stereocenters. The van der Waals surface area contributed by atoms with Crippen molar-refractivity contribution in [1.82, 2.24) is 9.78 Å². The average Bonchev–Trinajstić information content (AvgIpc) is 3.30. The summed E-state index contributed by atoms with van der Waals surface area (Å²) in [6, 6.07) is 5.53. The Hall–Kier alpha value is -2.88. The molecule has 10 heteroatoms. The number of ether oxygens (including phenoxy) is 1. The van der Waals surface area contributed by atoms with Crippen LogP contribution in [0.5, 0.6) is 0 Å². The fourth-order valence-corrected chi connectivity index (χ4v) is 3.03. The molecule has 1 saturated heterocycles. The lowest BCUT2D eigenvalue weighted by Crippen LogP contribution is -2.17. The number of amides is 1. The minimum atomic E-state index is -4.89. The van der Waals surface area contributed by atoms with Crippen LogP contribution in [0.1, 0.15) is 35.3 Å². The zero-order valence-corrected chi connectivity index (χ0v) is 14.7. The Bertz CT molecular complexity index is 856. The van der Waals surface area contributed by atoms with Gasteiger partial charge in [0.25, 0.3) is 0 Å². The molecule has 1 aliphatic rings. The summed E-state index contributed by atoms with van der Waals surface area (Å²) in [6.45, 7) is 1.37. The Labute approximate surface area is 158 Å². The number of anilines is 1. The van der Waals surface area contributed by atoms with Crippen molar-refractivity contribution >= 4 is 17.6 Å². The maximum Gasteiger partial charge on any atom is 0.434 e. The maximum atomic E-state index is 13.3. The zero-order chi connectivity index (χ0) is 20.3. The lowest BCUT2D eigenvalue weighted by atomic mass is 10.0. The number of carboxylic acid groups (broad SMARTS) is 1. The molecule has 2 N–H and O–H groups in total. The van der Waals surface area contributed by atoms with Gasteiger partial charge in [-0.2, -0.15) is 18.3 Å². The molecule has 1 unspecified atom stereocenters. The van der Waals surface area contributed by atoms with Crippen molar-refractivity contribution in [2.75, 3.05) is 18.5 Å². The van der Waals surface area contributed by atoms with Crippen LogP contribution in [0.3, 0.4) is 0 Å². The normalized spacial score (nSPS) is 16.9. The number of nitrogens with one attached hydrogen (secondary N) is 1. The highest BCUT2D eigenvalue weighted by atomic mass is 19.4. The summed E-state index contributed by atoms with van der Waals surface area (Å²) in [5.74, 6) is -1.53. The highest BCUT2D eigenvalue weighted by Gasteiger charge is 2.40. The van der Waals surface area contributed by atoms with E-state index < -0.39 is 23.4 Å². The van der Waals surface area contributed by atoms with Gasteiger partial charge in [0, 0.05) is 25.3 Å². The number of aromatic carboxylic acids is 1. The topological polar surface area (TPSA) is 93.5 Å². The van der Waals surface area contributed by atoms with E-state index in [0.717, 1.165) is 6.42 Å². The highest BCUT2D eigenvalue weighted by molar-refractivity contribution is 5.91. The molecule has 28 heavy (non-hydrogen) atoms. The standard InChI is InChI=1S/C18H18F3N3O4/c19-18(20,21)16-14(17(26)27)9-22-24(16)13-4-2-12(3-5-13)23-15(25)6-1-11-7-8-28-10-11/h2-5,9,11H,1,6-8,10H2,(H,23,25)(H,26,27). The molecule has 2 aromatic rings. The third-order valence-corrected chi connectivity index (χ3v) is 4.47. The van der Waals surface area contributed by atoms with Crippen molar-refractivity contribution in [3.63, 3.8) is 0 Å². The first-order valence-corrected chi connectivity index (χ1v) is 8.62. The largest absolute Gasteiger partial charge is 0.478 e.